The van der Waals surface area contributed by atoms with Gasteiger partial charge in [0.25, 0.3) is 5.56 Å². The summed E-state index contributed by atoms with van der Waals surface area (Å²) in [5, 5.41) is 0. The summed E-state index contributed by atoms with van der Waals surface area (Å²) in [4.78, 5) is 25.1. The number of aromatic amines is 1. The van der Waals surface area contributed by atoms with Gasteiger partial charge in [-0.25, -0.2) is 4.98 Å². The van der Waals surface area contributed by atoms with E-state index in [2.05, 4.69) is 26.9 Å². The van der Waals surface area contributed by atoms with Crippen LogP contribution in [0.5, 0.6) is 11.5 Å². The highest BCUT2D eigenvalue weighted by molar-refractivity contribution is 5.44. The largest absolute Gasteiger partial charge is 0.454 e. The number of aromatic nitrogens is 2. The maximum atomic E-state index is 12.8. The molecule has 1 N–H and O–H groups in total. The minimum absolute atomic E-state index is 0.0471. The van der Waals surface area contributed by atoms with Crippen molar-refractivity contribution >= 4 is 5.95 Å². The Labute approximate surface area is 181 Å². The normalized spacial score (nSPS) is 16.0. The molecule has 7 heteroatoms. The number of fused-ring (bicyclic) bond motifs is 1. The van der Waals surface area contributed by atoms with Crippen LogP contribution in [0.25, 0.3) is 0 Å². The molecule has 1 fully saturated rings. The predicted molar refractivity (Wildman–Crippen MR) is 119 cm³/mol. The van der Waals surface area contributed by atoms with E-state index in [-0.39, 0.29) is 5.56 Å². The minimum Gasteiger partial charge on any atom is -0.454 e. The van der Waals surface area contributed by atoms with Crippen LogP contribution in [0.2, 0.25) is 0 Å². The number of benzene rings is 2. The molecule has 0 spiro atoms. The van der Waals surface area contributed by atoms with Gasteiger partial charge in [0.15, 0.2) is 11.5 Å². The van der Waals surface area contributed by atoms with E-state index in [1.165, 1.54) is 5.56 Å². The van der Waals surface area contributed by atoms with Crippen LogP contribution in [0, 0.1) is 6.92 Å². The van der Waals surface area contributed by atoms with Crippen LogP contribution in [0.4, 0.5) is 5.95 Å². The van der Waals surface area contributed by atoms with Crippen molar-refractivity contribution in [2.24, 2.45) is 0 Å². The summed E-state index contributed by atoms with van der Waals surface area (Å²) < 4.78 is 10.9. The lowest BCUT2D eigenvalue weighted by molar-refractivity contribution is 0.174. The monoisotopic (exact) mass is 418 g/mol. The van der Waals surface area contributed by atoms with E-state index in [0.29, 0.717) is 19.2 Å². The van der Waals surface area contributed by atoms with E-state index in [1.807, 2.05) is 43.3 Å². The summed E-state index contributed by atoms with van der Waals surface area (Å²) in [5.41, 5.74) is 3.81. The zero-order valence-electron chi connectivity index (χ0n) is 17.6. The molecule has 2 aliphatic heterocycles. The average Bonchev–Trinajstić information content (AvgIpc) is 3.25. The Morgan fingerprint density at radius 2 is 1.74 bits per heavy atom. The molecule has 0 amide bonds. The first-order chi connectivity index (χ1) is 15.2. The minimum atomic E-state index is -0.0471. The van der Waals surface area contributed by atoms with Crippen LogP contribution < -0.4 is 19.9 Å². The second-order valence-corrected chi connectivity index (χ2v) is 8.07. The molecular formula is C24H26N4O3. The Balaban J connectivity index is 1.23. The molecule has 0 unspecified atom stereocenters. The molecule has 3 heterocycles. The van der Waals surface area contributed by atoms with Gasteiger partial charge in [-0.1, -0.05) is 36.4 Å². The number of piperazine rings is 1. The molecule has 7 nitrogen and oxygen atoms in total. The molecule has 1 aromatic heterocycles. The zero-order valence-corrected chi connectivity index (χ0v) is 17.6. The summed E-state index contributed by atoms with van der Waals surface area (Å²) in [6, 6.07) is 16.2. The summed E-state index contributed by atoms with van der Waals surface area (Å²) in [6.07, 6.45) is 0.596. The van der Waals surface area contributed by atoms with Gasteiger partial charge in [0.1, 0.15) is 0 Å². The Hall–Kier alpha value is -3.32. The molecule has 0 bridgehead atoms. The van der Waals surface area contributed by atoms with Gasteiger partial charge in [0.2, 0.25) is 12.7 Å². The zero-order chi connectivity index (χ0) is 21.2. The third-order valence-corrected chi connectivity index (χ3v) is 5.95. The fraction of sp³-hybridized carbons (Fsp3) is 0.333. The molecule has 31 heavy (non-hydrogen) atoms. The van der Waals surface area contributed by atoms with Crippen molar-refractivity contribution < 1.29 is 9.47 Å². The van der Waals surface area contributed by atoms with E-state index in [4.69, 9.17) is 14.5 Å². The molecule has 2 aromatic carbocycles. The van der Waals surface area contributed by atoms with Crippen molar-refractivity contribution in [2.75, 3.05) is 37.9 Å². The molecule has 0 atom stereocenters. The lowest BCUT2D eigenvalue weighted by Gasteiger charge is -2.35. The third-order valence-electron chi connectivity index (χ3n) is 5.95. The number of anilines is 1. The van der Waals surface area contributed by atoms with Gasteiger partial charge in [0.05, 0.1) is 5.69 Å². The molecule has 0 saturated carbocycles. The molecule has 160 valence electrons. The average molecular weight is 418 g/mol. The molecule has 0 radical (unpaired) electrons. The van der Waals surface area contributed by atoms with Crippen LogP contribution in [0.15, 0.2) is 53.3 Å². The van der Waals surface area contributed by atoms with Crippen LogP contribution in [-0.2, 0) is 13.0 Å². The van der Waals surface area contributed by atoms with Crippen LogP contribution in [-0.4, -0.2) is 47.8 Å². The lowest BCUT2D eigenvalue weighted by Crippen LogP contribution is -2.47. The van der Waals surface area contributed by atoms with Crippen molar-refractivity contribution in [3.8, 4) is 11.5 Å². The van der Waals surface area contributed by atoms with E-state index in [1.54, 1.807) is 0 Å². The van der Waals surface area contributed by atoms with Gasteiger partial charge < -0.3 is 14.4 Å². The van der Waals surface area contributed by atoms with Gasteiger partial charge in [-0.3, -0.25) is 14.7 Å². The topological polar surface area (TPSA) is 70.7 Å². The fourth-order valence-corrected chi connectivity index (χ4v) is 4.17. The molecular weight excluding hydrogens is 392 g/mol. The Morgan fingerprint density at radius 1 is 0.968 bits per heavy atom. The van der Waals surface area contributed by atoms with Crippen molar-refractivity contribution in [3.63, 3.8) is 0 Å². The first kappa shape index (κ1) is 19.6. The Morgan fingerprint density at radius 3 is 2.52 bits per heavy atom. The van der Waals surface area contributed by atoms with Crippen LogP contribution in [0.3, 0.4) is 0 Å². The lowest BCUT2D eigenvalue weighted by atomic mass is 10.1. The van der Waals surface area contributed by atoms with E-state index >= 15 is 0 Å². The Bertz CT molecular complexity index is 1120. The smallest absolute Gasteiger partial charge is 0.256 e. The first-order valence-corrected chi connectivity index (χ1v) is 10.7. The highest BCUT2D eigenvalue weighted by Gasteiger charge is 2.21. The highest BCUT2D eigenvalue weighted by Crippen LogP contribution is 2.32. The summed E-state index contributed by atoms with van der Waals surface area (Å²) in [6.45, 7) is 6.55. The summed E-state index contributed by atoms with van der Waals surface area (Å²) in [7, 11) is 0. The number of hydrogen-bond acceptors (Lipinski definition) is 6. The van der Waals surface area contributed by atoms with Crippen molar-refractivity contribution in [3.05, 3.63) is 81.3 Å². The highest BCUT2D eigenvalue weighted by atomic mass is 16.7. The number of nitrogens with zero attached hydrogens (tertiary/aromatic N) is 3. The summed E-state index contributed by atoms with van der Waals surface area (Å²) in [5.74, 6) is 2.31. The van der Waals surface area contributed by atoms with Gasteiger partial charge >= 0.3 is 0 Å². The van der Waals surface area contributed by atoms with Crippen molar-refractivity contribution in [1.82, 2.24) is 14.9 Å². The first-order valence-electron chi connectivity index (χ1n) is 10.7. The number of nitrogens with one attached hydrogen (secondary N) is 1. The molecule has 3 aromatic rings. The van der Waals surface area contributed by atoms with Gasteiger partial charge in [-0.15, -0.1) is 0 Å². The number of aryl methyl sites for hydroxylation is 1. The maximum Gasteiger partial charge on any atom is 0.256 e. The van der Waals surface area contributed by atoms with E-state index < -0.39 is 0 Å². The molecule has 2 aliphatic rings. The van der Waals surface area contributed by atoms with Crippen LogP contribution in [0.1, 0.15) is 22.4 Å². The fourth-order valence-electron chi connectivity index (χ4n) is 4.17. The SMILES string of the molecule is Cc1nc(N2CCN(Cc3ccc4c(c3)OCO4)CC2)[nH]c(=O)c1Cc1ccccc1. The quantitative estimate of drug-likeness (QED) is 0.687. The standard InChI is InChI=1S/C24H26N4O3/c1-17-20(13-18-5-3-2-4-6-18)23(29)26-24(25-17)28-11-9-27(10-12-28)15-19-7-8-21-22(14-19)31-16-30-21/h2-8,14H,9-13,15-16H2,1H3,(H,25,26,29). The van der Waals surface area contributed by atoms with Crippen molar-refractivity contribution in [2.45, 2.75) is 19.9 Å². The second kappa shape index (κ2) is 8.43. The molecule has 0 aliphatic carbocycles. The number of H-pyrrole nitrogens is 1. The predicted octanol–water partition coefficient (Wildman–Crippen LogP) is 2.72. The molecule has 5 rings (SSSR count). The van der Waals surface area contributed by atoms with Gasteiger partial charge in [0, 0.05) is 44.7 Å². The number of hydrogen-bond donors (Lipinski definition) is 1. The third kappa shape index (κ3) is 4.27. The second-order valence-electron chi connectivity index (χ2n) is 8.07. The van der Waals surface area contributed by atoms with Crippen molar-refractivity contribution in [1.29, 1.82) is 0 Å². The molecule has 1 saturated heterocycles. The van der Waals surface area contributed by atoms with Crippen LogP contribution >= 0.6 is 0 Å². The Kier molecular flexibility index (Phi) is 5.34. The number of rotatable bonds is 5. The maximum absolute atomic E-state index is 12.8. The van der Waals surface area contributed by atoms with E-state index in [9.17, 15) is 4.79 Å². The number of ether oxygens (including phenoxy) is 2. The van der Waals surface area contributed by atoms with Gasteiger partial charge in [-0.05, 0) is 30.2 Å². The van der Waals surface area contributed by atoms with E-state index in [0.717, 1.165) is 61.0 Å². The van der Waals surface area contributed by atoms with Gasteiger partial charge in [-0.2, -0.15) is 0 Å². The summed E-state index contributed by atoms with van der Waals surface area (Å²) >= 11 is 0.